The number of nitrogens with one attached hydrogen (secondary N) is 1. The number of benzene rings is 1. The molecule has 3 rings (SSSR count). The number of rotatable bonds is 2. The molecule has 0 saturated carbocycles. The van der Waals surface area contributed by atoms with Crippen molar-refractivity contribution in [1.29, 1.82) is 0 Å². The highest BCUT2D eigenvalue weighted by Crippen LogP contribution is 2.37. The average molecular weight is 236 g/mol. The van der Waals surface area contributed by atoms with Crippen molar-refractivity contribution in [1.82, 2.24) is 5.32 Å². The second-order valence-electron chi connectivity index (χ2n) is 3.65. The molecule has 16 heavy (non-hydrogen) atoms. The van der Waals surface area contributed by atoms with Crippen LogP contribution in [-0.2, 0) is 6.54 Å². The van der Waals surface area contributed by atoms with Gasteiger partial charge in [-0.2, -0.15) is 0 Å². The van der Waals surface area contributed by atoms with Gasteiger partial charge in [0.15, 0.2) is 5.58 Å². The van der Waals surface area contributed by atoms with Crippen molar-refractivity contribution in [2.24, 2.45) is 0 Å². The fourth-order valence-corrected chi connectivity index (χ4v) is 2.32. The van der Waals surface area contributed by atoms with Gasteiger partial charge in [0.25, 0.3) is 0 Å². The van der Waals surface area contributed by atoms with Crippen molar-refractivity contribution in [2.45, 2.75) is 6.54 Å². The van der Waals surface area contributed by atoms with E-state index in [1.807, 2.05) is 19.2 Å². The zero-order valence-electron chi connectivity index (χ0n) is 8.71. The van der Waals surface area contributed by atoms with E-state index in [1.54, 1.807) is 12.5 Å². The molecule has 1 N–H and O–H groups in total. The van der Waals surface area contributed by atoms with Crippen molar-refractivity contribution in [3.05, 3.63) is 35.2 Å². The summed E-state index contributed by atoms with van der Waals surface area (Å²) >= 11 is 6.26. The number of furan rings is 2. The molecular formula is C12H10ClNO2. The molecule has 0 aliphatic carbocycles. The molecule has 3 aromatic rings. The van der Waals surface area contributed by atoms with Gasteiger partial charge < -0.3 is 14.2 Å². The maximum atomic E-state index is 6.26. The van der Waals surface area contributed by atoms with E-state index in [2.05, 4.69) is 5.32 Å². The second-order valence-corrected chi connectivity index (χ2v) is 4.03. The fraction of sp³-hybridized carbons (Fsp3) is 0.167. The molecule has 3 nitrogen and oxygen atoms in total. The van der Waals surface area contributed by atoms with Crippen LogP contribution in [0.25, 0.3) is 21.9 Å². The van der Waals surface area contributed by atoms with E-state index in [9.17, 15) is 0 Å². The molecule has 4 heteroatoms. The Kier molecular flexibility index (Phi) is 2.16. The first kappa shape index (κ1) is 9.75. The summed E-state index contributed by atoms with van der Waals surface area (Å²) in [5.74, 6) is 0. The molecule has 0 aliphatic heterocycles. The first-order valence-electron chi connectivity index (χ1n) is 5.02. The highest BCUT2D eigenvalue weighted by Gasteiger charge is 2.16. The van der Waals surface area contributed by atoms with Gasteiger partial charge in [-0.25, -0.2) is 0 Å². The third-order valence-corrected chi connectivity index (χ3v) is 3.09. The zero-order valence-corrected chi connectivity index (χ0v) is 9.47. The maximum Gasteiger partial charge on any atom is 0.153 e. The summed E-state index contributed by atoms with van der Waals surface area (Å²) in [7, 11) is 1.90. The quantitative estimate of drug-likeness (QED) is 0.738. The normalized spacial score (nSPS) is 11.6. The Balaban J connectivity index is 2.51. The molecule has 0 bridgehead atoms. The van der Waals surface area contributed by atoms with Gasteiger partial charge in [-0.15, -0.1) is 0 Å². The Morgan fingerprint density at radius 3 is 2.56 bits per heavy atom. The van der Waals surface area contributed by atoms with Crippen molar-refractivity contribution in [3.63, 3.8) is 0 Å². The monoisotopic (exact) mass is 235 g/mol. The Morgan fingerprint density at radius 2 is 1.81 bits per heavy atom. The van der Waals surface area contributed by atoms with E-state index in [4.69, 9.17) is 20.4 Å². The van der Waals surface area contributed by atoms with E-state index in [-0.39, 0.29) is 0 Å². The van der Waals surface area contributed by atoms with Crippen LogP contribution in [0.5, 0.6) is 0 Å². The number of hydrogen-bond donors (Lipinski definition) is 1. The van der Waals surface area contributed by atoms with E-state index in [1.165, 1.54) is 0 Å². The van der Waals surface area contributed by atoms with Crippen LogP contribution in [0.4, 0.5) is 0 Å². The van der Waals surface area contributed by atoms with Crippen LogP contribution in [0.2, 0.25) is 5.02 Å². The van der Waals surface area contributed by atoms with Gasteiger partial charge in [-0.05, 0) is 19.2 Å². The second kappa shape index (κ2) is 3.54. The van der Waals surface area contributed by atoms with Crippen LogP contribution in [0, 0.1) is 0 Å². The molecule has 0 spiro atoms. The Bertz CT molecular complexity index is 602. The first-order chi connectivity index (χ1) is 7.83. The van der Waals surface area contributed by atoms with Crippen LogP contribution >= 0.6 is 11.6 Å². The minimum atomic E-state index is 0.614. The fourth-order valence-electron chi connectivity index (χ4n) is 2.03. The summed E-state index contributed by atoms with van der Waals surface area (Å²) in [5.41, 5.74) is 2.63. The van der Waals surface area contributed by atoms with Crippen LogP contribution in [-0.4, -0.2) is 7.05 Å². The average Bonchev–Trinajstić information content (AvgIpc) is 2.92. The van der Waals surface area contributed by atoms with E-state index in [0.29, 0.717) is 5.02 Å². The van der Waals surface area contributed by atoms with Gasteiger partial charge in [0.05, 0.1) is 17.5 Å². The summed E-state index contributed by atoms with van der Waals surface area (Å²) in [6, 6.07) is 3.77. The summed E-state index contributed by atoms with van der Waals surface area (Å²) in [4.78, 5) is 0. The lowest BCUT2D eigenvalue weighted by atomic mass is 10.1. The van der Waals surface area contributed by atoms with E-state index >= 15 is 0 Å². The molecule has 0 atom stereocenters. The minimum Gasteiger partial charge on any atom is -0.464 e. The smallest absolute Gasteiger partial charge is 0.153 e. The minimum absolute atomic E-state index is 0.614. The van der Waals surface area contributed by atoms with Gasteiger partial charge in [-0.1, -0.05) is 11.6 Å². The van der Waals surface area contributed by atoms with Crippen LogP contribution in [0.3, 0.4) is 0 Å². The van der Waals surface area contributed by atoms with E-state index < -0.39 is 0 Å². The predicted octanol–water partition coefficient (Wildman–Crippen LogP) is 3.55. The Hall–Kier alpha value is -1.45. The standard InChI is InChI=1S/C12H10ClNO2/c1-14-6-9-7-2-4-16-12(7)10(13)8-3-5-15-11(8)9/h2-5,14H,6H2,1H3. The molecule has 0 aliphatic rings. The molecular weight excluding hydrogens is 226 g/mol. The van der Waals surface area contributed by atoms with Gasteiger partial charge in [0.2, 0.25) is 0 Å². The summed E-state index contributed by atoms with van der Waals surface area (Å²) in [5, 5.41) is 5.64. The Labute approximate surface area is 97.0 Å². The topological polar surface area (TPSA) is 38.3 Å². The molecule has 0 fully saturated rings. The lowest BCUT2D eigenvalue weighted by Gasteiger charge is -2.04. The molecule has 2 heterocycles. The van der Waals surface area contributed by atoms with Crippen molar-refractivity contribution in [2.75, 3.05) is 7.05 Å². The molecule has 82 valence electrons. The summed E-state index contributed by atoms with van der Waals surface area (Å²) in [6.07, 6.45) is 3.29. The third kappa shape index (κ3) is 1.19. The lowest BCUT2D eigenvalue weighted by Crippen LogP contribution is -2.05. The third-order valence-electron chi connectivity index (χ3n) is 2.72. The molecule has 0 unspecified atom stereocenters. The summed E-state index contributed by atoms with van der Waals surface area (Å²) < 4.78 is 10.9. The molecule has 0 amide bonds. The molecule has 0 radical (unpaired) electrons. The van der Waals surface area contributed by atoms with Crippen LogP contribution in [0.1, 0.15) is 5.56 Å². The van der Waals surface area contributed by atoms with Gasteiger partial charge in [-0.3, -0.25) is 0 Å². The molecule has 2 aromatic heterocycles. The van der Waals surface area contributed by atoms with Gasteiger partial charge in [0.1, 0.15) is 5.58 Å². The van der Waals surface area contributed by atoms with Gasteiger partial charge >= 0.3 is 0 Å². The summed E-state index contributed by atoms with van der Waals surface area (Å²) in [6.45, 7) is 0.719. The van der Waals surface area contributed by atoms with Gasteiger partial charge in [0, 0.05) is 22.9 Å². The highest BCUT2D eigenvalue weighted by atomic mass is 35.5. The predicted molar refractivity (Wildman–Crippen MR) is 63.8 cm³/mol. The molecule has 1 aromatic carbocycles. The number of halogens is 1. The first-order valence-corrected chi connectivity index (χ1v) is 5.40. The van der Waals surface area contributed by atoms with Crippen LogP contribution < -0.4 is 5.32 Å². The van der Waals surface area contributed by atoms with Crippen molar-refractivity contribution < 1.29 is 8.83 Å². The maximum absolute atomic E-state index is 6.26. The number of hydrogen-bond acceptors (Lipinski definition) is 3. The molecule has 0 saturated heterocycles. The van der Waals surface area contributed by atoms with Crippen molar-refractivity contribution >= 4 is 33.5 Å². The SMILES string of the molecule is CNCc1c2ccoc2c(Cl)c2ccoc12. The largest absolute Gasteiger partial charge is 0.464 e. The highest BCUT2D eigenvalue weighted by molar-refractivity contribution is 6.40. The van der Waals surface area contributed by atoms with Crippen molar-refractivity contribution in [3.8, 4) is 0 Å². The Morgan fingerprint density at radius 1 is 1.12 bits per heavy atom. The lowest BCUT2D eigenvalue weighted by molar-refractivity contribution is 0.606. The zero-order chi connectivity index (χ0) is 11.1. The van der Waals surface area contributed by atoms with E-state index in [0.717, 1.165) is 34.0 Å². The number of fused-ring (bicyclic) bond motifs is 2. The van der Waals surface area contributed by atoms with Crippen LogP contribution in [0.15, 0.2) is 33.5 Å².